The zero-order valence-electron chi connectivity index (χ0n) is 23.0. The summed E-state index contributed by atoms with van der Waals surface area (Å²) in [6, 6.07) is 19.0. The standard InChI is InChI=1S/C31H29N7O2S/c1-20-16-23(6-4-13-32)17-21(2)28(20)37-29-27(30(39)34-14-12-25-7-5-15-41-25)26(19-40-3)36-31(38-29)35-24-10-8-22(18-33)9-11-24/h4-11,15-17H,12,14,19H2,1-3H3,(H,34,39)(H2,35,36,37,38)/b6-4+. The minimum atomic E-state index is -0.315. The third-order valence-electron chi connectivity index (χ3n) is 6.15. The lowest BCUT2D eigenvalue weighted by atomic mass is 10.0. The molecule has 0 aliphatic rings. The lowest BCUT2D eigenvalue weighted by Crippen LogP contribution is -2.28. The van der Waals surface area contributed by atoms with Crippen molar-refractivity contribution in [3.05, 3.63) is 98.4 Å². The second kappa shape index (κ2) is 13.9. The molecule has 4 rings (SSSR count). The minimum absolute atomic E-state index is 0.0861. The Morgan fingerprint density at radius 2 is 1.83 bits per heavy atom. The number of nitrogens with zero attached hydrogens (tertiary/aromatic N) is 4. The summed E-state index contributed by atoms with van der Waals surface area (Å²) in [7, 11) is 1.54. The van der Waals surface area contributed by atoms with E-state index in [9.17, 15) is 4.79 Å². The summed E-state index contributed by atoms with van der Waals surface area (Å²) in [6.45, 7) is 4.44. The molecular formula is C31H29N7O2S. The molecule has 0 aliphatic carbocycles. The quantitative estimate of drug-likeness (QED) is 0.184. The van der Waals surface area contributed by atoms with Gasteiger partial charge in [-0.25, -0.2) is 4.98 Å². The van der Waals surface area contributed by atoms with Gasteiger partial charge in [-0.15, -0.1) is 11.3 Å². The van der Waals surface area contributed by atoms with Gasteiger partial charge in [0.1, 0.15) is 11.4 Å². The van der Waals surface area contributed by atoms with Crippen molar-refractivity contribution in [3.8, 4) is 12.1 Å². The Bertz CT molecular complexity index is 1610. The topological polar surface area (TPSA) is 136 Å². The van der Waals surface area contributed by atoms with Gasteiger partial charge in [0.2, 0.25) is 5.95 Å². The van der Waals surface area contributed by atoms with E-state index in [-0.39, 0.29) is 24.0 Å². The molecular weight excluding hydrogens is 534 g/mol. The zero-order chi connectivity index (χ0) is 29.2. The molecule has 0 saturated carbocycles. The van der Waals surface area contributed by atoms with Crippen LogP contribution >= 0.6 is 11.3 Å². The third kappa shape index (κ3) is 7.55. The van der Waals surface area contributed by atoms with Crippen molar-refractivity contribution in [3.63, 3.8) is 0 Å². The fourth-order valence-corrected chi connectivity index (χ4v) is 4.98. The number of hydrogen-bond acceptors (Lipinski definition) is 9. The SMILES string of the molecule is COCc1nc(Nc2ccc(C#N)cc2)nc(Nc2c(C)cc(/C=C/C#N)cc2C)c1C(=O)NCCc1cccs1. The molecule has 0 spiro atoms. The number of rotatable bonds is 11. The van der Waals surface area contributed by atoms with Crippen LogP contribution in [0, 0.1) is 36.5 Å². The van der Waals surface area contributed by atoms with Gasteiger partial charge in [0.15, 0.2) is 0 Å². The summed E-state index contributed by atoms with van der Waals surface area (Å²) in [5.74, 6) is 0.275. The molecule has 0 radical (unpaired) electrons. The number of thiophene rings is 1. The van der Waals surface area contributed by atoms with Crippen LogP contribution in [0.1, 0.15) is 43.2 Å². The molecule has 2 aromatic carbocycles. The van der Waals surface area contributed by atoms with E-state index < -0.39 is 0 Å². The predicted molar refractivity (Wildman–Crippen MR) is 161 cm³/mol. The Kier molecular flexibility index (Phi) is 9.79. The fraction of sp³-hybridized carbons (Fsp3) is 0.194. The van der Waals surface area contributed by atoms with Gasteiger partial charge in [-0.1, -0.05) is 6.07 Å². The van der Waals surface area contributed by atoms with Gasteiger partial charge in [-0.2, -0.15) is 15.5 Å². The number of methoxy groups -OCH3 is 1. The number of aryl methyl sites for hydroxylation is 2. The van der Waals surface area contributed by atoms with Crippen LogP contribution in [0.15, 0.2) is 60.0 Å². The van der Waals surface area contributed by atoms with Gasteiger partial charge in [0, 0.05) is 36.0 Å². The molecule has 3 N–H and O–H groups in total. The molecule has 0 bridgehead atoms. The number of nitrogens with one attached hydrogen (secondary N) is 3. The van der Waals surface area contributed by atoms with Crippen molar-refractivity contribution in [2.24, 2.45) is 0 Å². The molecule has 1 amide bonds. The van der Waals surface area contributed by atoms with Crippen LogP contribution in [0.4, 0.5) is 23.1 Å². The third-order valence-corrected chi connectivity index (χ3v) is 7.08. The Morgan fingerprint density at radius 3 is 2.46 bits per heavy atom. The minimum Gasteiger partial charge on any atom is -0.378 e. The molecule has 41 heavy (non-hydrogen) atoms. The lowest BCUT2D eigenvalue weighted by molar-refractivity contribution is 0.0949. The Labute approximate surface area is 243 Å². The molecule has 0 aliphatic heterocycles. The number of aromatic nitrogens is 2. The number of carbonyl (C=O) groups excluding carboxylic acids is 1. The van der Waals surface area contributed by atoms with Crippen molar-refractivity contribution in [2.45, 2.75) is 26.9 Å². The number of amides is 1. The maximum Gasteiger partial charge on any atom is 0.257 e. The normalized spacial score (nSPS) is 10.7. The summed E-state index contributed by atoms with van der Waals surface area (Å²) in [6.07, 6.45) is 3.89. The predicted octanol–water partition coefficient (Wildman–Crippen LogP) is 6.17. The van der Waals surface area contributed by atoms with Crippen LogP contribution in [-0.4, -0.2) is 29.5 Å². The number of benzene rings is 2. The first-order valence-electron chi connectivity index (χ1n) is 12.8. The molecule has 0 unspecified atom stereocenters. The van der Waals surface area contributed by atoms with E-state index in [0.29, 0.717) is 35.7 Å². The second-order valence-corrected chi connectivity index (χ2v) is 10.2. The van der Waals surface area contributed by atoms with Crippen molar-refractivity contribution in [2.75, 3.05) is 24.3 Å². The largest absolute Gasteiger partial charge is 0.378 e. The van der Waals surface area contributed by atoms with E-state index in [0.717, 1.165) is 22.4 Å². The zero-order valence-corrected chi connectivity index (χ0v) is 23.8. The second-order valence-electron chi connectivity index (χ2n) is 9.17. The summed E-state index contributed by atoms with van der Waals surface area (Å²) >= 11 is 1.64. The van der Waals surface area contributed by atoms with E-state index in [2.05, 4.69) is 27.0 Å². The van der Waals surface area contributed by atoms with Gasteiger partial charge in [0.25, 0.3) is 5.91 Å². The van der Waals surface area contributed by atoms with Gasteiger partial charge in [0.05, 0.1) is 30.0 Å². The van der Waals surface area contributed by atoms with E-state index in [1.54, 1.807) is 48.8 Å². The fourth-order valence-electron chi connectivity index (χ4n) is 4.28. The summed E-state index contributed by atoms with van der Waals surface area (Å²) in [5.41, 5.74) is 5.44. The average Bonchev–Trinajstić information content (AvgIpc) is 3.48. The highest BCUT2D eigenvalue weighted by molar-refractivity contribution is 7.09. The van der Waals surface area contributed by atoms with E-state index in [1.807, 2.05) is 49.6 Å². The van der Waals surface area contributed by atoms with Crippen LogP contribution in [0.25, 0.3) is 6.08 Å². The number of ether oxygens (including phenoxy) is 1. The maximum absolute atomic E-state index is 13.6. The Morgan fingerprint density at radius 1 is 1.07 bits per heavy atom. The molecule has 4 aromatic rings. The van der Waals surface area contributed by atoms with Crippen molar-refractivity contribution >= 4 is 46.5 Å². The van der Waals surface area contributed by atoms with Gasteiger partial charge >= 0.3 is 0 Å². The van der Waals surface area contributed by atoms with Gasteiger partial charge in [-0.3, -0.25) is 4.79 Å². The van der Waals surface area contributed by atoms with Crippen molar-refractivity contribution in [1.29, 1.82) is 10.5 Å². The lowest BCUT2D eigenvalue weighted by Gasteiger charge is -2.19. The van der Waals surface area contributed by atoms with Crippen LogP contribution in [-0.2, 0) is 17.8 Å². The molecule has 0 saturated heterocycles. The van der Waals surface area contributed by atoms with Crippen molar-refractivity contribution in [1.82, 2.24) is 15.3 Å². The smallest absolute Gasteiger partial charge is 0.257 e. The Balaban J connectivity index is 1.74. The first-order chi connectivity index (χ1) is 19.9. The molecule has 0 fully saturated rings. The van der Waals surface area contributed by atoms with E-state index in [4.69, 9.17) is 20.2 Å². The highest BCUT2D eigenvalue weighted by Crippen LogP contribution is 2.30. The average molecular weight is 564 g/mol. The van der Waals surface area contributed by atoms with Crippen LogP contribution < -0.4 is 16.0 Å². The molecule has 2 aromatic heterocycles. The number of anilines is 4. The van der Waals surface area contributed by atoms with Crippen LogP contribution in [0.2, 0.25) is 0 Å². The molecule has 0 atom stereocenters. The number of allylic oxidation sites excluding steroid dienone is 1. The molecule has 10 heteroatoms. The van der Waals surface area contributed by atoms with Crippen LogP contribution in [0.5, 0.6) is 0 Å². The van der Waals surface area contributed by atoms with Gasteiger partial charge < -0.3 is 20.7 Å². The highest BCUT2D eigenvalue weighted by atomic mass is 32.1. The maximum atomic E-state index is 13.6. The first-order valence-corrected chi connectivity index (χ1v) is 13.7. The number of hydrogen-bond donors (Lipinski definition) is 3. The van der Waals surface area contributed by atoms with E-state index >= 15 is 0 Å². The summed E-state index contributed by atoms with van der Waals surface area (Å²) in [4.78, 5) is 24.1. The first kappa shape index (κ1) is 29.0. The molecule has 9 nitrogen and oxygen atoms in total. The van der Waals surface area contributed by atoms with Crippen molar-refractivity contribution < 1.29 is 9.53 Å². The number of nitriles is 2. The number of carbonyl (C=O) groups is 1. The Hall–Kier alpha value is -5.03. The molecule has 206 valence electrons. The van der Waals surface area contributed by atoms with Crippen LogP contribution in [0.3, 0.4) is 0 Å². The molecule has 2 heterocycles. The highest BCUT2D eigenvalue weighted by Gasteiger charge is 2.22. The van der Waals surface area contributed by atoms with E-state index in [1.165, 1.54) is 11.0 Å². The summed E-state index contributed by atoms with van der Waals surface area (Å²) in [5, 5.41) is 29.6. The van der Waals surface area contributed by atoms with Gasteiger partial charge in [-0.05, 0) is 90.9 Å². The summed E-state index contributed by atoms with van der Waals surface area (Å²) < 4.78 is 5.43. The monoisotopic (exact) mass is 563 g/mol.